The topological polar surface area (TPSA) is 50.2 Å². The number of rotatable bonds is 2. The summed E-state index contributed by atoms with van der Waals surface area (Å²) in [6, 6.07) is 9.56. The van der Waals surface area contributed by atoms with Crippen LogP contribution in [0.15, 0.2) is 30.3 Å². The summed E-state index contributed by atoms with van der Waals surface area (Å²) in [6.45, 7) is 5.37. The largest absolute Gasteiger partial charge is 0.337 e. The van der Waals surface area contributed by atoms with Crippen molar-refractivity contribution in [1.29, 1.82) is 0 Å². The van der Waals surface area contributed by atoms with E-state index in [1.165, 1.54) is 11.3 Å². The predicted octanol–water partition coefficient (Wildman–Crippen LogP) is 3.91. The fourth-order valence-electron chi connectivity index (χ4n) is 3.11. The number of carbonyl (C=O) groups is 1. The second-order valence-electron chi connectivity index (χ2n) is 6.20. The molecule has 1 amide bonds. The average molecular weight is 411 g/mol. The second kappa shape index (κ2) is 7.96. The third kappa shape index (κ3) is 3.60. The molecule has 5 nitrogen and oxygen atoms in total. The summed E-state index contributed by atoms with van der Waals surface area (Å²) in [4.78, 5) is 16.6. The van der Waals surface area contributed by atoms with Crippen LogP contribution in [-0.4, -0.2) is 46.8 Å². The van der Waals surface area contributed by atoms with Gasteiger partial charge in [-0.2, -0.15) is 5.10 Å². The maximum Gasteiger partial charge on any atom is 0.264 e. The number of amides is 1. The quantitative estimate of drug-likeness (QED) is 0.696. The highest BCUT2D eigenvalue weighted by atomic mass is 35.5. The SMILES string of the molecule is Cc1nn(-c2ccc(Cl)cc2)c2sc(C(=O)N3CCCNCC3)cc12.Cl. The Morgan fingerprint density at radius 2 is 2.00 bits per heavy atom. The first-order valence-corrected chi connectivity index (χ1v) is 9.58. The molecule has 3 heterocycles. The smallest absolute Gasteiger partial charge is 0.264 e. The molecule has 0 aliphatic carbocycles. The Labute approximate surface area is 167 Å². The van der Waals surface area contributed by atoms with Crippen molar-refractivity contribution in [2.45, 2.75) is 13.3 Å². The lowest BCUT2D eigenvalue weighted by Gasteiger charge is -2.18. The van der Waals surface area contributed by atoms with Crippen molar-refractivity contribution >= 4 is 51.5 Å². The lowest BCUT2D eigenvalue weighted by atomic mass is 10.3. The summed E-state index contributed by atoms with van der Waals surface area (Å²) in [7, 11) is 0. The van der Waals surface area contributed by atoms with Gasteiger partial charge < -0.3 is 10.2 Å². The van der Waals surface area contributed by atoms with E-state index >= 15 is 0 Å². The highest BCUT2D eigenvalue weighted by molar-refractivity contribution is 7.20. The van der Waals surface area contributed by atoms with Crippen LogP contribution in [0.1, 0.15) is 21.8 Å². The average Bonchev–Trinajstić information content (AvgIpc) is 3.04. The minimum atomic E-state index is 0. The van der Waals surface area contributed by atoms with Gasteiger partial charge in [-0.25, -0.2) is 4.68 Å². The molecule has 1 aliphatic rings. The van der Waals surface area contributed by atoms with Gasteiger partial charge in [0.05, 0.1) is 16.3 Å². The van der Waals surface area contributed by atoms with Crippen LogP contribution < -0.4 is 5.32 Å². The number of benzene rings is 1. The van der Waals surface area contributed by atoms with E-state index in [2.05, 4.69) is 10.4 Å². The molecule has 0 radical (unpaired) electrons. The minimum Gasteiger partial charge on any atom is -0.337 e. The zero-order chi connectivity index (χ0) is 17.4. The number of hydrogen-bond donors (Lipinski definition) is 1. The molecule has 1 fully saturated rings. The predicted molar refractivity (Wildman–Crippen MR) is 109 cm³/mol. The van der Waals surface area contributed by atoms with Gasteiger partial charge in [-0.1, -0.05) is 11.6 Å². The number of hydrogen-bond acceptors (Lipinski definition) is 4. The fraction of sp³-hybridized carbons (Fsp3) is 0.333. The normalized spacial score (nSPS) is 14.9. The zero-order valence-corrected chi connectivity index (χ0v) is 16.8. The van der Waals surface area contributed by atoms with E-state index in [1.807, 2.05) is 46.8 Å². The monoisotopic (exact) mass is 410 g/mol. The lowest BCUT2D eigenvalue weighted by Crippen LogP contribution is -2.33. The third-order valence-corrected chi connectivity index (χ3v) is 5.80. The van der Waals surface area contributed by atoms with Gasteiger partial charge >= 0.3 is 0 Å². The summed E-state index contributed by atoms with van der Waals surface area (Å²) in [6.07, 6.45) is 0.994. The summed E-state index contributed by atoms with van der Waals surface area (Å²) in [5.74, 6) is 0.118. The number of nitrogens with one attached hydrogen (secondary N) is 1. The Bertz CT molecular complexity index is 911. The Balaban J connectivity index is 0.00000196. The van der Waals surface area contributed by atoms with E-state index in [0.29, 0.717) is 5.02 Å². The molecule has 0 bridgehead atoms. The van der Waals surface area contributed by atoms with Crippen LogP contribution in [0, 0.1) is 6.92 Å². The van der Waals surface area contributed by atoms with Crippen LogP contribution in [-0.2, 0) is 0 Å². The summed E-state index contributed by atoms with van der Waals surface area (Å²) < 4.78 is 1.90. The molecule has 2 aromatic heterocycles. The Morgan fingerprint density at radius 3 is 2.77 bits per heavy atom. The van der Waals surface area contributed by atoms with E-state index in [4.69, 9.17) is 11.6 Å². The first-order valence-electron chi connectivity index (χ1n) is 8.38. The molecule has 26 heavy (non-hydrogen) atoms. The molecule has 8 heteroatoms. The summed E-state index contributed by atoms with van der Waals surface area (Å²) >= 11 is 7.49. The highest BCUT2D eigenvalue weighted by Crippen LogP contribution is 2.31. The van der Waals surface area contributed by atoms with E-state index in [9.17, 15) is 4.79 Å². The van der Waals surface area contributed by atoms with Gasteiger partial charge in [-0.05, 0) is 50.2 Å². The van der Waals surface area contributed by atoms with Crippen LogP contribution in [0.2, 0.25) is 5.02 Å². The molecule has 1 saturated heterocycles. The van der Waals surface area contributed by atoms with Gasteiger partial charge in [-0.3, -0.25) is 4.79 Å². The highest BCUT2D eigenvalue weighted by Gasteiger charge is 2.22. The van der Waals surface area contributed by atoms with Gasteiger partial charge in [-0.15, -0.1) is 23.7 Å². The van der Waals surface area contributed by atoms with Gasteiger partial charge in [0.1, 0.15) is 4.83 Å². The van der Waals surface area contributed by atoms with Crippen molar-refractivity contribution in [3.05, 3.63) is 45.9 Å². The number of carbonyl (C=O) groups excluding carboxylic acids is 1. The Kier molecular flexibility index (Phi) is 5.87. The Morgan fingerprint density at radius 1 is 1.23 bits per heavy atom. The van der Waals surface area contributed by atoms with Crippen LogP contribution in [0.5, 0.6) is 0 Å². The number of aryl methyl sites for hydroxylation is 1. The van der Waals surface area contributed by atoms with Gasteiger partial charge in [0.15, 0.2) is 0 Å². The molecule has 1 aliphatic heterocycles. The standard InChI is InChI=1S/C18H19ClN4OS.ClH/c1-12-15-11-16(17(24)22-9-2-7-20-8-10-22)25-18(15)23(21-12)14-5-3-13(19)4-6-14;/h3-6,11,20H,2,7-10H2,1H3;1H. The molecule has 0 saturated carbocycles. The number of nitrogens with zero attached hydrogens (tertiary/aromatic N) is 3. The van der Waals surface area contributed by atoms with Crippen molar-refractivity contribution in [3.63, 3.8) is 0 Å². The van der Waals surface area contributed by atoms with Crippen molar-refractivity contribution in [3.8, 4) is 5.69 Å². The molecular weight excluding hydrogens is 391 g/mol. The first kappa shape index (κ1) is 19.2. The van der Waals surface area contributed by atoms with E-state index in [0.717, 1.165) is 59.1 Å². The van der Waals surface area contributed by atoms with E-state index in [-0.39, 0.29) is 18.3 Å². The molecular formula is C18H20Cl2N4OS. The fourth-order valence-corrected chi connectivity index (χ4v) is 4.39. The van der Waals surface area contributed by atoms with E-state index in [1.54, 1.807) is 0 Å². The van der Waals surface area contributed by atoms with Gasteiger partial charge in [0, 0.05) is 30.0 Å². The maximum absolute atomic E-state index is 12.9. The molecule has 0 atom stereocenters. The molecule has 0 unspecified atom stereocenters. The van der Waals surface area contributed by atoms with Crippen molar-refractivity contribution < 1.29 is 4.79 Å². The summed E-state index contributed by atoms with van der Waals surface area (Å²) in [5, 5.41) is 9.69. The lowest BCUT2D eigenvalue weighted by molar-refractivity contribution is 0.0771. The third-order valence-electron chi connectivity index (χ3n) is 4.45. The molecule has 3 aromatic rings. The van der Waals surface area contributed by atoms with Crippen molar-refractivity contribution in [1.82, 2.24) is 20.0 Å². The molecule has 4 rings (SSSR count). The van der Waals surface area contributed by atoms with Crippen LogP contribution in [0.25, 0.3) is 15.9 Å². The van der Waals surface area contributed by atoms with Gasteiger partial charge in [0.2, 0.25) is 0 Å². The minimum absolute atomic E-state index is 0. The number of thiophene rings is 1. The summed E-state index contributed by atoms with van der Waals surface area (Å²) in [5.41, 5.74) is 1.88. The maximum atomic E-state index is 12.9. The van der Waals surface area contributed by atoms with Crippen molar-refractivity contribution in [2.24, 2.45) is 0 Å². The van der Waals surface area contributed by atoms with E-state index < -0.39 is 0 Å². The molecule has 1 N–H and O–H groups in total. The molecule has 138 valence electrons. The van der Waals surface area contributed by atoms with Crippen LogP contribution >= 0.6 is 35.3 Å². The Hall–Kier alpha value is -1.60. The number of fused-ring (bicyclic) bond motifs is 1. The first-order chi connectivity index (χ1) is 12.1. The number of aromatic nitrogens is 2. The zero-order valence-electron chi connectivity index (χ0n) is 14.4. The molecule has 0 spiro atoms. The van der Waals surface area contributed by atoms with Crippen LogP contribution in [0.4, 0.5) is 0 Å². The van der Waals surface area contributed by atoms with Crippen LogP contribution in [0.3, 0.4) is 0 Å². The van der Waals surface area contributed by atoms with Gasteiger partial charge in [0.25, 0.3) is 5.91 Å². The molecule has 1 aromatic carbocycles. The van der Waals surface area contributed by atoms with Crippen molar-refractivity contribution in [2.75, 3.05) is 26.2 Å². The number of halogens is 2. The second-order valence-corrected chi connectivity index (χ2v) is 7.67.